The monoisotopic (exact) mass is 173 g/mol. The van der Waals surface area contributed by atoms with Gasteiger partial charge < -0.3 is 0 Å². The lowest BCUT2D eigenvalue weighted by Crippen LogP contribution is -2.08. The van der Waals surface area contributed by atoms with Crippen LogP contribution in [0.4, 0.5) is 13.2 Å². The largest absolute Gasteiger partial charge is 0.440 e. The Kier molecular flexibility index (Phi) is 2.20. The topological polar surface area (TPSA) is 12.4 Å². The standard InChI is InChI=1S/C8H6F3N/c1-6-2-3-7(8(9,10)11)12-5-4-6/h2,4-5H,1H3. The predicted octanol–water partition coefficient (Wildman–Crippen LogP) is 2.62. The van der Waals surface area contributed by atoms with Crippen molar-refractivity contribution in [2.75, 3.05) is 0 Å². The van der Waals surface area contributed by atoms with Crippen molar-refractivity contribution in [1.29, 1.82) is 0 Å². The third kappa shape index (κ3) is 2.10. The molecule has 12 heavy (non-hydrogen) atoms. The van der Waals surface area contributed by atoms with E-state index >= 15 is 0 Å². The van der Waals surface area contributed by atoms with Crippen molar-refractivity contribution in [3.8, 4) is 0 Å². The van der Waals surface area contributed by atoms with Crippen LogP contribution >= 0.6 is 0 Å². The minimum Gasteiger partial charge on any atom is -0.244 e. The molecule has 0 atom stereocenters. The van der Waals surface area contributed by atoms with Gasteiger partial charge in [0.15, 0.2) is 5.70 Å². The second-order valence-corrected chi connectivity index (χ2v) is 2.32. The first-order valence-corrected chi connectivity index (χ1v) is 3.25. The number of alkyl halides is 3. The number of allylic oxidation sites excluding steroid dienone is 3. The lowest BCUT2D eigenvalue weighted by atomic mass is 10.3. The summed E-state index contributed by atoms with van der Waals surface area (Å²) in [7, 11) is 0. The van der Waals surface area contributed by atoms with Crippen molar-refractivity contribution < 1.29 is 13.2 Å². The van der Waals surface area contributed by atoms with Gasteiger partial charge in [-0.25, -0.2) is 4.99 Å². The smallest absolute Gasteiger partial charge is 0.244 e. The SMILES string of the molecule is CC1=CC=NC(C(F)(F)F)=C=C1. The third-order valence-electron chi connectivity index (χ3n) is 1.25. The van der Waals surface area contributed by atoms with Gasteiger partial charge in [-0.1, -0.05) is 5.73 Å². The molecule has 0 unspecified atom stereocenters. The molecule has 0 aromatic rings. The molecule has 0 bridgehead atoms. The fourth-order valence-corrected chi connectivity index (χ4v) is 0.652. The predicted molar refractivity (Wildman–Crippen MR) is 39.9 cm³/mol. The van der Waals surface area contributed by atoms with Gasteiger partial charge in [-0.2, -0.15) is 13.2 Å². The number of aliphatic imine (C=N–C) groups is 1. The van der Waals surface area contributed by atoms with Crippen LogP contribution < -0.4 is 0 Å². The molecule has 0 radical (unpaired) electrons. The Labute approximate surface area is 67.6 Å². The van der Waals surface area contributed by atoms with Gasteiger partial charge in [0.1, 0.15) is 0 Å². The normalized spacial score (nSPS) is 17.0. The molecule has 0 amide bonds. The van der Waals surface area contributed by atoms with Crippen molar-refractivity contribution in [2.45, 2.75) is 13.1 Å². The highest BCUT2D eigenvalue weighted by molar-refractivity contribution is 5.74. The molecular formula is C8H6F3N. The van der Waals surface area contributed by atoms with Crippen LogP contribution in [-0.4, -0.2) is 12.4 Å². The van der Waals surface area contributed by atoms with Gasteiger partial charge in [-0.05, 0) is 24.6 Å². The van der Waals surface area contributed by atoms with Gasteiger partial charge in [0.05, 0.1) is 0 Å². The van der Waals surface area contributed by atoms with E-state index in [0.29, 0.717) is 5.57 Å². The van der Waals surface area contributed by atoms with E-state index in [4.69, 9.17) is 0 Å². The average Bonchev–Trinajstić information content (AvgIpc) is 2.11. The molecule has 1 rings (SSSR count). The van der Waals surface area contributed by atoms with Gasteiger partial charge in [0.2, 0.25) is 0 Å². The van der Waals surface area contributed by atoms with E-state index < -0.39 is 11.9 Å². The number of hydrogen-bond acceptors (Lipinski definition) is 1. The fraction of sp³-hybridized carbons (Fsp3) is 0.250. The van der Waals surface area contributed by atoms with Crippen molar-refractivity contribution in [3.05, 3.63) is 29.2 Å². The van der Waals surface area contributed by atoms with E-state index in [9.17, 15) is 13.2 Å². The van der Waals surface area contributed by atoms with Crippen molar-refractivity contribution >= 4 is 6.21 Å². The Bertz CT molecular complexity index is 301. The molecule has 1 aliphatic heterocycles. The molecule has 0 N–H and O–H groups in total. The molecule has 0 aromatic carbocycles. The summed E-state index contributed by atoms with van der Waals surface area (Å²) in [5.74, 6) is 0. The summed E-state index contributed by atoms with van der Waals surface area (Å²) in [6.07, 6.45) is -0.540. The molecule has 0 saturated heterocycles. The number of nitrogens with zero attached hydrogens (tertiary/aromatic N) is 1. The molecule has 1 heterocycles. The first-order valence-electron chi connectivity index (χ1n) is 3.25. The number of rotatable bonds is 0. The summed E-state index contributed by atoms with van der Waals surface area (Å²) >= 11 is 0. The van der Waals surface area contributed by atoms with Crippen molar-refractivity contribution in [1.82, 2.24) is 0 Å². The summed E-state index contributed by atoms with van der Waals surface area (Å²) in [5, 5.41) is 0. The van der Waals surface area contributed by atoms with Crippen LogP contribution in [0.5, 0.6) is 0 Å². The lowest BCUT2D eigenvalue weighted by molar-refractivity contribution is -0.0920. The number of halogens is 3. The fourth-order valence-electron chi connectivity index (χ4n) is 0.652. The Hall–Kier alpha value is -1.28. The molecule has 0 aromatic heterocycles. The van der Waals surface area contributed by atoms with Crippen LogP contribution in [-0.2, 0) is 0 Å². The maximum Gasteiger partial charge on any atom is 0.440 e. The van der Waals surface area contributed by atoms with Crippen molar-refractivity contribution in [3.63, 3.8) is 0 Å². The van der Waals surface area contributed by atoms with E-state index in [0.717, 1.165) is 6.21 Å². The van der Waals surface area contributed by atoms with E-state index in [1.807, 2.05) is 0 Å². The highest BCUT2D eigenvalue weighted by Gasteiger charge is 2.33. The molecule has 0 fully saturated rings. The van der Waals surface area contributed by atoms with E-state index in [1.54, 1.807) is 6.92 Å². The summed E-state index contributed by atoms with van der Waals surface area (Å²) in [6, 6.07) is 0. The van der Waals surface area contributed by atoms with Crippen molar-refractivity contribution in [2.24, 2.45) is 4.99 Å². The summed E-state index contributed by atoms with van der Waals surface area (Å²) < 4.78 is 36.0. The zero-order chi connectivity index (χ0) is 9.19. The molecule has 0 spiro atoms. The highest BCUT2D eigenvalue weighted by atomic mass is 19.4. The second-order valence-electron chi connectivity index (χ2n) is 2.32. The maximum atomic E-state index is 12.0. The Morgan fingerprint density at radius 1 is 1.42 bits per heavy atom. The van der Waals surface area contributed by atoms with Gasteiger partial charge in [0.25, 0.3) is 0 Å². The molecular weight excluding hydrogens is 167 g/mol. The van der Waals surface area contributed by atoms with Crippen LogP contribution in [0.15, 0.2) is 34.1 Å². The molecule has 0 aliphatic carbocycles. The van der Waals surface area contributed by atoms with Crippen LogP contribution in [0.25, 0.3) is 0 Å². The molecule has 0 saturated carbocycles. The Morgan fingerprint density at radius 3 is 2.67 bits per heavy atom. The Morgan fingerprint density at radius 2 is 2.08 bits per heavy atom. The van der Waals surface area contributed by atoms with Gasteiger partial charge in [0, 0.05) is 6.21 Å². The summed E-state index contributed by atoms with van der Waals surface area (Å²) in [5.41, 5.74) is 1.77. The summed E-state index contributed by atoms with van der Waals surface area (Å²) in [6.45, 7) is 1.68. The van der Waals surface area contributed by atoms with Crippen LogP contribution in [0.3, 0.4) is 0 Å². The molecule has 4 heteroatoms. The van der Waals surface area contributed by atoms with Crippen LogP contribution in [0.1, 0.15) is 6.92 Å². The van der Waals surface area contributed by atoms with E-state index in [2.05, 4.69) is 10.7 Å². The van der Waals surface area contributed by atoms with E-state index in [1.165, 1.54) is 12.2 Å². The van der Waals surface area contributed by atoms with Gasteiger partial charge in [-0.15, -0.1) is 0 Å². The third-order valence-corrected chi connectivity index (χ3v) is 1.25. The minimum atomic E-state index is -4.41. The highest BCUT2D eigenvalue weighted by Crippen LogP contribution is 2.25. The Balaban J connectivity index is 3.05. The van der Waals surface area contributed by atoms with Gasteiger partial charge >= 0.3 is 6.18 Å². The number of hydrogen-bond donors (Lipinski definition) is 0. The van der Waals surface area contributed by atoms with Gasteiger partial charge in [-0.3, -0.25) is 0 Å². The van der Waals surface area contributed by atoms with Crippen LogP contribution in [0, 0.1) is 0 Å². The molecule has 1 aliphatic rings. The minimum absolute atomic E-state index is 0.693. The second kappa shape index (κ2) is 2.99. The molecule has 1 nitrogen and oxygen atoms in total. The first-order chi connectivity index (χ1) is 5.50. The quantitative estimate of drug-likeness (QED) is 0.499. The average molecular weight is 173 g/mol. The zero-order valence-corrected chi connectivity index (χ0v) is 6.31. The maximum absolute atomic E-state index is 12.0. The van der Waals surface area contributed by atoms with E-state index in [-0.39, 0.29) is 0 Å². The zero-order valence-electron chi connectivity index (χ0n) is 6.31. The first kappa shape index (κ1) is 8.81. The van der Waals surface area contributed by atoms with Crippen LogP contribution in [0.2, 0.25) is 0 Å². The summed E-state index contributed by atoms with van der Waals surface area (Å²) in [4.78, 5) is 3.19. The molecule has 64 valence electrons. The lowest BCUT2D eigenvalue weighted by Gasteiger charge is -2.01.